The Morgan fingerprint density at radius 3 is 1.64 bits per heavy atom. The monoisotopic (exact) mass is 296 g/mol. The van der Waals surface area contributed by atoms with Gasteiger partial charge in [-0.05, 0) is 63.8 Å². The fourth-order valence-electron chi connectivity index (χ4n) is 2.86. The molecule has 0 radical (unpaired) electrons. The lowest BCUT2D eigenvalue weighted by Gasteiger charge is -2.12. The SMILES string of the molecule is Cc1cc(C)c(N=NNNc2c(C)cc(C)cc2C)c(C)c1. The summed E-state index contributed by atoms with van der Waals surface area (Å²) in [7, 11) is 0. The molecule has 0 aromatic heterocycles. The van der Waals surface area contributed by atoms with E-state index in [1.54, 1.807) is 0 Å². The van der Waals surface area contributed by atoms with Crippen LogP contribution in [0.1, 0.15) is 33.4 Å². The van der Waals surface area contributed by atoms with Crippen molar-refractivity contribution in [3.63, 3.8) is 0 Å². The highest BCUT2D eigenvalue weighted by Crippen LogP contribution is 2.25. The van der Waals surface area contributed by atoms with Crippen molar-refractivity contribution < 1.29 is 0 Å². The van der Waals surface area contributed by atoms with Crippen molar-refractivity contribution in [3.05, 3.63) is 57.6 Å². The van der Waals surface area contributed by atoms with Crippen LogP contribution in [0.25, 0.3) is 0 Å². The Morgan fingerprint density at radius 1 is 0.682 bits per heavy atom. The van der Waals surface area contributed by atoms with Crippen LogP contribution in [-0.2, 0) is 0 Å². The standard InChI is InChI=1S/C18H24N4/c1-11-7-13(3)17(14(4)8-11)19-21-22-20-18-15(5)9-12(2)10-16(18)6/h7-10H,1-6H3,(H,19,22)(H,20,21). The normalized spacial score (nSPS) is 11.0. The van der Waals surface area contributed by atoms with Gasteiger partial charge in [-0.3, -0.25) is 5.43 Å². The number of benzene rings is 2. The average Bonchev–Trinajstić information content (AvgIpc) is 2.38. The average molecular weight is 296 g/mol. The minimum atomic E-state index is 0.914. The summed E-state index contributed by atoms with van der Waals surface area (Å²) in [5, 5.41) is 8.35. The number of rotatable bonds is 4. The number of hydrazine groups is 1. The molecule has 2 aromatic rings. The van der Waals surface area contributed by atoms with Gasteiger partial charge in [0.2, 0.25) is 0 Å². The van der Waals surface area contributed by atoms with Crippen LogP contribution in [0.3, 0.4) is 0 Å². The van der Waals surface area contributed by atoms with Crippen molar-refractivity contribution in [2.75, 3.05) is 5.43 Å². The highest BCUT2D eigenvalue weighted by Gasteiger charge is 2.04. The number of anilines is 1. The smallest absolute Gasteiger partial charge is 0.0933 e. The highest BCUT2D eigenvalue weighted by atomic mass is 15.6. The number of aryl methyl sites for hydroxylation is 6. The fraction of sp³-hybridized carbons (Fsp3) is 0.333. The second-order valence-corrected chi connectivity index (χ2v) is 5.96. The Bertz CT molecular complexity index is 671. The summed E-state index contributed by atoms with van der Waals surface area (Å²) < 4.78 is 0. The number of nitrogens with one attached hydrogen (secondary N) is 2. The first-order chi connectivity index (χ1) is 10.4. The maximum Gasteiger partial charge on any atom is 0.0933 e. The molecule has 0 spiro atoms. The third-order valence-corrected chi connectivity index (χ3v) is 3.69. The van der Waals surface area contributed by atoms with Crippen LogP contribution < -0.4 is 11.0 Å². The lowest BCUT2D eigenvalue weighted by molar-refractivity contribution is 0.800. The Kier molecular flexibility index (Phi) is 4.81. The molecule has 0 amide bonds. The molecule has 22 heavy (non-hydrogen) atoms. The Hall–Kier alpha value is -2.36. The van der Waals surface area contributed by atoms with E-state index in [0.717, 1.165) is 22.5 Å². The zero-order valence-corrected chi connectivity index (χ0v) is 14.2. The first-order valence-electron chi connectivity index (χ1n) is 7.46. The van der Waals surface area contributed by atoms with Crippen LogP contribution in [0.4, 0.5) is 11.4 Å². The zero-order chi connectivity index (χ0) is 16.3. The van der Waals surface area contributed by atoms with E-state index >= 15 is 0 Å². The molecule has 4 heteroatoms. The van der Waals surface area contributed by atoms with E-state index in [1.165, 1.54) is 22.3 Å². The van der Waals surface area contributed by atoms with Crippen molar-refractivity contribution in [2.45, 2.75) is 41.5 Å². The molecule has 0 aliphatic carbocycles. The van der Waals surface area contributed by atoms with Gasteiger partial charge in [0.15, 0.2) is 0 Å². The van der Waals surface area contributed by atoms with Crippen molar-refractivity contribution in [2.24, 2.45) is 10.3 Å². The van der Waals surface area contributed by atoms with Gasteiger partial charge in [-0.1, -0.05) is 40.6 Å². The molecule has 4 nitrogen and oxygen atoms in total. The van der Waals surface area contributed by atoms with E-state index < -0.39 is 0 Å². The number of hydrogen-bond acceptors (Lipinski definition) is 3. The third kappa shape index (κ3) is 3.64. The van der Waals surface area contributed by atoms with Gasteiger partial charge in [0.05, 0.1) is 11.4 Å². The van der Waals surface area contributed by atoms with E-state index in [9.17, 15) is 0 Å². The van der Waals surface area contributed by atoms with Crippen LogP contribution in [-0.4, -0.2) is 0 Å². The zero-order valence-electron chi connectivity index (χ0n) is 14.2. The molecule has 0 saturated heterocycles. The molecule has 2 N–H and O–H groups in total. The van der Waals surface area contributed by atoms with Gasteiger partial charge in [-0.2, -0.15) is 0 Å². The second-order valence-electron chi connectivity index (χ2n) is 5.96. The van der Waals surface area contributed by atoms with Crippen molar-refractivity contribution in [3.8, 4) is 0 Å². The topological polar surface area (TPSA) is 48.8 Å². The third-order valence-electron chi connectivity index (χ3n) is 3.69. The summed E-state index contributed by atoms with van der Waals surface area (Å²) in [5.41, 5.74) is 15.0. The van der Waals surface area contributed by atoms with Crippen LogP contribution in [0.2, 0.25) is 0 Å². The molecule has 2 rings (SSSR count). The summed E-state index contributed by atoms with van der Waals surface area (Å²) in [4.78, 5) is 0. The van der Waals surface area contributed by atoms with Gasteiger partial charge in [-0.25, -0.2) is 5.53 Å². The van der Waals surface area contributed by atoms with E-state index in [1.807, 2.05) is 0 Å². The predicted molar refractivity (Wildman–Crippen MR) is 92.6 cm³/mol. The molecule has 116 valence electrons. The van der Waals surface area contributed by atoms with Gasteiger partial charge >= 0.3 is 0 Å². The van der Waals surface area contributed by atoms with Gasteiger partial charge in [0.25, 0.3) is 0 Å². The first kappa shape index (κ1) is 16.0. The molecule has 0 unspecified atom stereocenters. The maximum atomic E-state index is 4.29. The van der Waals surface area contributed by atoms with Crippen molar-refractivity contribution >= 4 is 11.4 Å². The summed E-state index contributed by atoms with van der Waals surface area (Å²) in [5.74, 6) is 0. The molecule has 0 fully saturated rings. The van der Waals surface area contributed by atoms with Gasteiger partial charge in [0, 0.05) is 0 Å². The van der Waals surface area contributed by atoms with Crippen LogP contribution in [0.5, 0.6) is 0 Å². The van der Waals surface area contributed by atoms with Crippen LogP contribution >= 0.6 is 0 Å². The first-order valence-corrected chi connectivity index (χ1v) is 7.46. The van der Waals surface area contributed by atoms with E-state index in [0.29, 0.717) is 0 Å². The molecule has 0 heterocycles. The molecule has 0 saturated carbocycles. The van der Waals surface area contributed by atoms with Crippen LogP contribution in [0.15, 0.2) is 34.6 Å². The molecule has 0 atom stereocenters. The minimum absolute atomic E-state index is 0.914. The van der Waals surface area contributed by atoms with E-state index in [-0.39, 0.29) is 0 Å². The fourth-order valence-corrected chi connectivity index (χ4v) is 2.86. The molecule has 0 aliphatic rings. The Morgan fingerprint density at radius 2 is 1.14 bits per heavy atom. The van der Waals surface area contributed by atoms with E-state index in [2.05, 4.69) is 87.1 Å². The lowest BCUT2D eigenvalue weighted by Crippen LogP contribution is -2.15. The van der Waals surface area contributed by atoms with Crippen molar-refractivity contribution in [1.29, 1.82) is 0 Å². The van der Waals surface area contributed by atoms with Gasteiger partial charge < -0.3 is 0 Å². The van der Waals surface area contributed by atoms with Gasteiger partial charge in [-0.15, -0.1) is 5.11 Å². The summed E-state index contributed by atoms with van der Waals surface area (Å²) in [6.07, 6.45) is 0. The van der Waals surface area contributed by atoms with E-state index in [4.69, 9.17) is 0 Å². The largest absolute Gasteiger partial charge is 0.283 e. The molecular weight excluding hydrogens is 272 g/mol. The molecule has 2 aromatic carbocycles. The second kappa shape index (κ2) is 6.60. The summed E-state index contributed by atoms with van der Waals surface area (Å²) >= 11 is 0. The Labute approximate surface area is 132 Å². The molecular formula is C18H24N4. The van der Waals surface area contributed by atoms with Crippen molar-refractivity contribution in [1.82, 2.24) is 5.53 Å². The predicted octanol–water partition coefficient (Wildman–Crippen LogP) is 5.15. The quantitative estimate of drug-likeness (QED) is 0.605. The number of hydrogen-bond donors (Lipinski definition) is 2. The molecule has 0 aliphatic heterocycles. The highest BCUT2D eigenvalue weighted by molar-refractivity contribution is 5.57. The molecule has 0 bridgehead atoms. The summed E-state index contributed by atoms with van der Waals surface area (Å²) in [6.45, 7) is 12.4. The number of nitrogens with zero attached hydrogens (tertiary/aromatic N) is 2. The Balaban J connectivity index is 2.09. The minimum Gasteiger partial charge on any atom is -0.283 e. The maximum absolute atomic E-state index is 4.29. The lowest BCUT2D eigenvalue weighted by atomic mass is 10.1. The van der Waals surface area contributed by atoms with Crippen LogP contribution in [0, 0.1) is 41.5 Å². The summed E-state index contributed by atoms with van der Waals surface area (Å²) in [6, 6.07) is 8.51. The van der Waals surface area contributed by atoms with Gasteiger partial charge in [0.1, 0.15) is 0 Å².